The Morgan fingerprint density at radius 3 is 2.67 bits per heavy atom. The van der Waals surface area contributed by atoms with Crippen LogP contribution in [0.2, 0.25) is 0 Å². The molecule has 144 valence electrons. The van der Waals surface area contributed by atoms with E-state index in [-0.39, 0.29) is 17.3 Å². The summed E-state index contributed by atoms with van der Waals surface area (Å²) in [5.41, 5.74) is 6.31. The number of benzene rings is 1. The van der Waals surface area contributed by atoms with Crippen LogP contribution in [0.1, 0.15) is 49.4 Å². The molecule has 1 aliphatic rings. The average molecular weight is 435 g/mol. The number of carbonyl (C=O) groups excluding carboxylic acids is 2. The number of aromatic hydroxyl groups is 1. The van der Waals surface area contributed by atoms with Crippen molar-refractivity contribution in [1.29, 1.82) is 0 Å². The van der Waals surface area contributed by atoms with E-state index in [1.54, 1.807) is 25.1 Å². The number of nitrogens with one attached hydrogen (secondary N) is 2. The molecule has 5 N–H and O–H groups in total. The molecule has 1 aromatic heterocycles. The molecule has 1 aliphatic carbocycles. The predicted octanol–water partition coefficient (Wildman–Crippen LogP) is 3.05. The fourth-order valence-electron chi connectivity index (χ4n) is 3.31. The number of nitrogens with two attached hydrogens (primary N) is 1. The van der Waals surface area contributed by atoms with Gasteiger partial charge in [0.05, 0.1) is 17.2 Å². The van der Waals surface area contributed by atoms with E-state index in [9.17, 15) is 14.7 Å². The average Bonchev–Trinajstić information content (AvgIpc) is 2.62. The molecule has 27 heavy (non-hydrogen) atoms. The molecule has 1 unspecified atom stereocenters. The van der Waals surface area contributed by atoms with Gasteiger partial charge in [-0.2, -0.15) is 0 Å². The number of aromatic nitrogens is 1. The van der Waals surface area contributed by atoms with Crippen LogP contribution in [0, 0.1) is 0 Å². The second kappa shape index (κ2) is 8.22. The lowest BCUT2D eigenvalue weighted by Crippen LogP contribution is -2.37. The standard InChI is InChI=1S/C19H23BrN4O3/c1-10(21)17(25)24-16-13-9-11(20)7-8-14(13)23-19(27)15(16)18(26)22-12-5-3-2-4-6-12/h7-10,12H,2-6,21H2,1H3,(H,22,26)(H2,23,24,25,27). The topological polar surface area (TPSA) is 117 Å². The van der Waals surface area contributed by atoms with Crippen molar-refractivity contribution in [2.75, 3.05) is 5.32 Å². The lowest BCUT2D eigenvalue weighted by molar-refractivity contribution is -0.117. The number of nitrogens with zero attached hydrogens (tertiary/aromatic N) is 1. The van der Waals surface area contributed by atoms with Gasteiger partial charge in [0.2, 0.25) is 11.8 Å². The monoisotopic (exact) mass is 434 g/mol. The number of fused-ring (bicyclic) bond motifs is 1. The van der Waals surface area contributed by atoms with Crippen molar-refractivity contribution in [3.05, 3.63) is 28.2 Å². The molecular weight excluding hydrogens is 412 g/mol. The van der Waals surface area contributed by atoms with E-state index < -0.39 is 23.7 Å². The van der Waals surface area contributed by atoms with Crippen LogP contribution in [0.25, 0.3) is 10.9 Å². The van der Waals surface area contributed by atoms with E-state index in [0.29, 0.717) is 10.9 Å². The molecule has 2 amide bonds. The van der Waals surface area contributed by atoms with Gasteiger partial charge >= 0.3 is 0 Å². The summed E-state index contributed by atoms with van der Waals surface area (Å²) in [5.74, 6) is -1.32. The Morgan fingerprint density at radius 2 is 2.00 bits per heavy atom. The van der Waals surface area contributed by atoms with Crippen LogP contribution in [0.3, 0.4) is 0 Å². The number of hydrogen-bond donors (Lipinski definition) is 4. The van der Waals surface area contributed by atoms with Gasteiger partial charge in [0.15, 0.2) is 0 Å². The maximum absolute atomic E-state index is 12.9. The molecule has 0 spiro atoms. The second-order valence-corrected chi connectivity index (χ2v) is 7.85. The van der Waals surface area contributed by atoms with Gasteiger partial charge in [0, 0.05) is 15.9 Å². The second-order valence-electron chi connectivity index (χ2n) is 6.93. The Bertz CT molecular complexity index is 879. The summed E-state index contributed by atoms with van der Waals surface area (Å²) in [4.78, 5) is 29.3. The highest BCUT2D eigenvalue weighted by Gasteiger charge is 2.26. The zero-order chi connectivity index (χ0) is 19.6. The summed E-state index contributed by atoms with van der Waals surface area (Å²) >= 11 is 3.39. The van der Waals surface area contributed by atoms with Crippen LogP contribution in [0.15, 0.2) is 22.7 Å². The number of halogens is 1. The van der Waals surface area contributed by atoms with E-state index in [0.717, 1.165) is 30.2 Å². The molecule has 2 aromatic rings. The van der Waals surface area contributed by atoms with Crippen molar-refractivity contribution in [1.82, 2.24) is 10.3 Å². The van der Waals surface area contributed by atoms with Crippen molar-refractivity contribution >= 4 is 44.3 Å². The number of amides is 2. The molecule has 1 aromatic carbocycles. The minimum atomic E-state index is -0.767. The molecule has 0 aliphatic heterocycles. The summed E-state index contributed by atoms with van der Waals surface area (Å²) in [5, 5.41) is 16.6. The lowest BCUT2D eigenvalue weighted by Gasteiger charge is -2.24. The Labute approximate surface area is 165 Å². The first kappa shape index (κ1) is 19.6. The van der Waals surface area contributed by atoms with E-state index in [1.165, 1.54) is 6.42 Å². The zero-order valence-corrected chi connectivity index (χ0v) is 16.7. The number of hydrogen-bond acceptors (Lipinski definition) is 5. The Morgan fingerprint density at radius 1 is 1.30 bits per heavy atom. The van der Waals surface area contributed by atoms with E-state index in [4.69, 9.17) is 5.73 Å². The summed E-state index contributed by atoms with van der Waals surface area (Å²) in [6.07, 6.45) is 5.10. The maximum atomic E-state index is 12.9. The van der Waals surface area contributed by atoms with Crippen LogP contribution < -0.4 is 16.4 Å². The minimum Gasteiger partial charge on any atom is -0.493 e. The largest absolute Gasteiger partial charge is 0.493 e. The highest BCUT2D eigenvalue weighted by Crippen LogP contribution is 2.34. The highest BCUT2D eigenvalue weighted by atomic mass is 79.9. The number of pyridine rings is 1. The third kappa shape index (κ3) is 4.39. The fourth-order valence-corrected chi connectivity index (χ4v) is 3.67. The summed E-state index contributed by atoms with van der Waals surface area (Å²) in [6.45, 7) is 1.55. The summed E-state index contributed by atoms with van der Waals surface area (Å²) in [7, 11) is 0. The molecule has 8 heteroatoms. The van der Waals surface area contributed by atoms with Crippen molar-refractivity contribution in [3.63, 3.8) is 0 Å². The maximum Gasteiger partial charge on any atom is 0.259 e. The third-order valence-corrected chi connectivity index (χ3v) is 5.25. The van der Waals surface area contributed by atoms with Crippen LogP contribution in [0.5, 0.6) is 5.88 Å². The van der Waals surface area contributed by atoms with E-state index >= 15 is 0 Å². The Balaban J connectivity index is 2.07. The Hall–Kier alpha value is -2.19. The molecule has 1 heterocycles. The van der Waals surface area contributed by atoms with Gasteiger partial charge < -0.3 is 21.5 Å². The van der Waals surface area contributed by atoms with Gasteiger partial charge in [-0.05, 0) is 38.0 Å². The fraction of sp³-hybridized carbons (Fsp3) is 0.421. The molecule has 1 atom stereocenters. The van der Waals surface area contributed by atoms with E-state index in [1.807, 2.05) is 0 Å². The molecule has 0 bridgehead atoms. The number of carbonyl (C=O) groups is 2. The predicted molar refractivity (Wildman–Crippen MR) is 108 cm³/mol. The first-order valence-corrected chi connectivity index (χ1v) is 9.85. The normalized spacial score (nSPS) is 16.1. The summed E-state index contributed by atoms with van der Waals surface area (Å²) in [6, 6.07) is 4.50. The number of anilines is 1. The van der Waals surface area contributed by atoms with Crippen molar-refractivity contribution in [3.8, 4) is 5.88 Å². The zero-order valence-electron chi connectivity index (χ0n) is 15.1. The lowest BCUT2D eigenvalue weighted by atomic mass is 9.95. The van der Waals surface area contributed by atoms with Gasteiger partial charge in [0.1, 0.15) is 5.56 Å². The van der Waals surface area contributed by atoms with Crippen molar-refractivity contribution in [2.45, 2.75) is 51.1 Å². The van der Waals surface area contributed by atoms with Crippen LogP contribution >= 0.6 is 15.9 Å². The first-order valence-electron chi connectivity index (χ1n) is 9.06. The molecule has 1 saturated carbocycles. The van der Waals surface area contributed by atoms with Crippen LogP contribution in [-0.4, -0.2) is 34.0 Å². The SMILES string of the molecule is CC(N)C(=O)Nc1c(C(=O)NC2CCCCC2)c(O)nc2ccc(Br)cc12. The van der Waals surface area contributed by atoms with E-state index in [2.05, 4.69) is 31.5 Å². The third-order valence-electron chi connectivity index (χ3n) is 4.76. The van der Waals surface area contributed by atoms with Crippen molar-refractivity contribution < 1.29 is 14.7 Å². The number of rotatable bonds is 4. The van der Waals surface area contributed by atoms with Gasteiger partial charge in [-0.1, -0.05) is 35.2 Å². The molecule has 7 nitrogen and oxygen atoms in total. The molecule has 0 saturated heterocycles. The van der Waals surface area contributed by atoms with Gasteiger partial charge in [-0.25, -0.2) is 4.98 Å². The quantitative estimate of drug-likeness (QED) is 0.589. The highest BCUT2D eigenvalue weighted by molar-refractivity contribution is 9.10. The Kier molecular flexibility index (Phi) is 5.96. The molecule has 3 rings (SSSR count). The summed E-state index contributed by atoms with van der Waals surface area (Å²) < 4.78 is 0.762. The van der Waals surface area contributed by atoms with Gasteiger partial charge in [-0.3, -0.25) is 9.59 Å². The van der Waals surface area contributed by atoms with Crippen molar-refractivity contribution in [2.24, 2.45) is 5.73 Å². The smallest absolute Gasteiger partial charge is 0.259 e. The first-order chi connectivity index (χ1) is 12.9. The molecule has 0 radical (unpaired) electrons. The van der Waals surface area contributed by atoms with Crippen LogP contribution in [0.4, 0.5) is 5.69 Å². The molecule has 1 fully saturated rings. The molecular formula is C19H23BrN4O3. The van der Waals surface area contributed by atoms with Crippen LogP contribution in [-0.2, 0) is 4.79 Å². The van der Waals surface area contributed by atoms with Gasteiger partial charge in [0.25, 0.3) is 5.91 Å². The minimum absolute atomic E-state index is 0.0415. The van der Waals surface area contributed by atoms with Gasteiger partial charge in [-0.15, -0.1) is 0 Å².